The number of carboxylic acids is 1. The van der Waals surface area contributed by atoms with E-state index < -0.39 is 11.5 Å². The van der Waals surface area contributed by atoms with Crippen molar-refractivity contribution in [2.45, 2.75) is 39.7 Å². The third kappa shape index (κ3) is 7.11. The molecule has 0 heterocycles. The quantitative estimate of drug-likeness (QED) is 0.676. The summed E-state index contributed by atoms with van der Waals surface area (Å²) in [5.74, 6) is -1.02. The van der Waals surface area contributed by atoms with Gasteiger partial charge in [0.15, 0.2) is 0 Å². The molecule has 0 spiro atoms. The van der Waals surface area contributed by atoms with E-state index in [-0.39, 0.29) is 12.6 Å². The molecule has 6 nitrogen and oxygen atoms in total. The minimum Gasteiger partial charge on any atom is -0.480 e. The molecule has 0 aliphatic rings. The number of carboxylic acid groups (broad SMARTS) is 1. The molecule has 0 saturated carbocycles. The second-order valence-electron chi connectivity index (χ2n) is 4.93. The van der Waals surface area contributed by atoms with E-state index in [1.165, 1.54) is 4.90 Å². The lowest BCUT2D eigenvalue weighted by Crippen LogP contribution is -2.52. The number of carbonyl (C=O) groups is 2. The molecular weight excluding hydrogens is 236 g/mol. The van der Waals surface area contributed by atoms with Gasteiger partial charge in [-0.25, -0.2) is 4.79 Å². The van der Waals surface area contributed by atoms with Crippen LogP contribution in [0.2, 0.25) is 0 Å². The Hall–Kier alpha value is -1.30. The van der Waals surface area contributed by atoms with Gasteiger partial charge in [-0.3, -0.25) is 4.79 Å². The first-order chi connectivity index (χ1) is 8.29. The summed E-state index contributed by atoms with van der Waals surface area (Å²) in [6, 6.07) is -0.360. The lowest BCUT2D eigenvalue weighted by atomic mass is 10.1. The Morgan fingerprint density at radius 3 is 2.39 bits per heavy atom. The summed E-state index contributed by atoms with van der Waals surface area (Å²) in [6.07, 6.45) is 0.713. The molecule has 18 heavy (non-hydrogen) atoms. The van der Waals surface area contributed by atoms with Crippen molar-refractivity contribution >= 4 is 12.0 Å². The van der Waals surface area contributed by atoms with E-state index in [9.17, 15) is 9.59 Å². The van der Waals surface area contributed by atoms with Crippen LogP contribution in [0.5, 0.6) is 0 Å². The molecular formula is C12H24N2O4. The van der Waals surface area contributed by atoms with E-state index in [0.29, 0.717) is 26.2 Å². The molecule has 0 rings (SSSR count). The molecule has 2 amide bonds. The van der Waals surface area contributed by atoms with Crippen LogP contribution >= 0.6 is 0 Å². The van der Waals surface area contributed by atoms with Crippen molar-refractivity contribution in [2.75, 3.05) is 26.3 Å². The molecule has 0 atom stereocenters. The molecule has 0 radical (unpaired) electrons. The Morgan fingerprint density at radius 2 is 1.94 bits per heavy atom. The van der Waals surface area contributed by atoms with E-state index >= 15 is 0 Å². The van der Waals surface area contributed by atoms with Crippen LogP contribution in [0.25, 0.3) is 0 Å². The van der Waals surface area contributed by atoms with Crippen LogP contribution in [-0.2, 0) is 9.53 Å². The fourth-order valence-corrected chi connectivity index (χ4v) is 1.36. The van der Waals surface area contributed by atoms with E-state index in [2.05, 4.69) is 5.32 Å². The van der Waals surface area contributed by atoms with Gasteiger partial charge in [0, 0.05) is 25.3 Å². The molecule has 0 aliphatic carbocycles. The van der Waals surface area contributed by atoms with Crippen molar-refractivity contribution in [1.82, 2.24) is 10.2 Å². The van der Waals surface area contributed by atoms with Gasteiger partial charge in [-0.05, 0) is 34.1 Å². The van der Waals surface area contributed by atoms with Gasteiger partial charge in [0.25, 0.3) is 0 Å². The highest BCUT2D eigenvalue weighted by atomic mass is 16.5. The highest BCUT2D eigenvalue weighted by molar-refractivity contribution is 5.80. The second-order valence-corrected chi connectivity index (χ2v) is 4.93. The van der Waals surface area contributed by atoms with Crippen LogP contribution in [-0.4, -0.2) is 53.8 Å². The fourth-order valence-electron chi connectivity index (χ4n) is 1.36. The number of amides is 2. The number of carbonyl (C=O) groups excluding carboxylic acids is 1. The minimum absolute atomic E-state index is 0.305. The molecule has 0 bridgehead atoms. The molecule has 0 saturated heterocycles. The van der Waals surface area contributed by atoms with Crippen molar-refractivity contribution in [2.24, 2.45) is 0 Å². The lowest BCUT2D eigenvalue weighted by molar-refractivity contribution is -0.138. The van der Waals surface area contributed by atoms with E-state index in [4.69, 9.17) is 9.84 Å². The summed E-state index contributed by atoms with van der Waals surface area (Å²) in [7, 11) is 0. The van der Waals surface area contributed by atoms with E-state index in [1.807, 2.05) is 6.92 Å². The maximum atomic E-state index is 11.9. The second kappa shape index (κ2) is 7.92. The zero-order valence-corrected chi connectivity index (χ0v) is 11.7. The average Bonchev–Trinajstić information content (AvgIpc) is 2.23. The van der Waals surface area contributed by atoms with Crippen LogP contribution in [0.1, 0.15) is 34.1 Å². The highest BCUT2D eigenvalue weighted by Crippen LogP contribution is 2.12. The van der Waals surface area contributed by atoms with Crippen molar-refractivity contribution in [3.05, 3.63) is 0 Å². The minimum atomic E-state index is -1.02. The number of rotatable bonds is 7. The van der Waals surface area contributed by atoms with Gasteiger partial charge in [-0.2, -0.15) is 0 Å². The zero-order chi connectivity index (χ0) is 14.2. The van der Waals surface area contributed by atoms with Crippen molar-refractivity contribution < 1.29 is 19.4 Å². The van der Waals surface area contributed by atoms with Gasteiger partial charge < -0.3 is 20.1 Å². The summed E-state index contributed by atoms with van der Waals surface area (Å²) in [6.45, 7) is 8.73. The number of nitrogens with one attached hydrogen (secondary N) is 1. The fraction of sp³-hybridized carbons (Fsp3) is 0.833. The summed E-state index contributed by atoms with van der Waals surface area (Å²) in [4.78, 5) is 23.9. The van der Waals surface area contributed by atoms with Crippen molar-refractivity contribution in [3.63, 3.8) is 0 Å². The SMILES string of the molecule is CCOCCCNC(=O)N(CC(=O)O)C(C)(C)C. The predicted octanol–water partition coefficient (Wildman–Crippen LogP) is 1.31. The highest BCUT2D eigenvalue weighted by Gasteiger charge is 2.27. The Labute approximate surface area is 108 Å². The number of hydrogen-bond donors (Lipinski definition) is 2. The number of aliphatic carboxylic acids is 1. The number of hydrogen-bond acceptors (Lipinski definition) is 3. The summed E-state index contributed by atoms with van der Waals surface area (Å²) < 4.78 is 5.15. The number of nitrogens with zero attached hydrogens (tertiary/aromatic N) is 1. The molecule has 0 aromatic carbocycles. The maximum absolute atomic E-state index is 11.9. The Morgan fingerprint density at radius 1 is 1.33 bits per heavy atom. The van der Waals surface area contributed by atoms with Crippen LogP contribution in [0, 0.1) is 0 Å². The standard InChI is InChI=1S/C12H24N2O4/c1-5-18-8-6-7-13-11(17)14(9-10(15)16)12(2,3)4/h5-9H2,1-4H3,(H,13,17)(H,15,16). The van der Waals surface area contributed by atoms with Gasteiger partial charge in [0.05, 0.1) is 0 Å². The van der Waals surface area contributed by atoms with Crippen LogP contribution in [0.15, 0.2) is 0 Å². The molecule has 0 aliphatic heterocycles. The molecule has 0 fully saturated rings. The normalized spacial score (nSPS) is 11.1. The first kappa shape index (κ1) is 16.7. The van der Waals surface area contributed by atoms with Crippen LogP contribution in [0.3, 0.4) is 0 Å². The summed E-state index contributed by atoms with van der Waals surface area (Å²) in [5, 5.41) is 11.5. The van der Waals surface area contributed by atoms with Gasteiger partial charge in [0.1, 0.15) is 6.54 Å². The van der Waals surface area contributed by atoms with Crippen LogP contribution < -0.4 is 5.32 Å². The molecule has 6 heteroatoms. The first-order valence-corrected chi connectivity index (χ1v) is 6.14. The third-order valence-electron chi connectivity index (χ3n) is 2.29. The van der Waals surface area contributed by atoms with E-state index in [0.717, 1.165) is 0 Å². The van der Waals surface area contributed by atoms with Crippen molar-refractivity contribution in [3.8, 4) is 0 Å². The molecule has 0 aromatic heterocycles. The van der Waals surface area contributed by atoms with Crippen molar-refractivity contribution in [1.29, 1.82) is 0 Å². The maximum Gasteiger partial charge on any atom is 0.323 e. The lowest BCUT2D eigenvalue weighted by Gasteiger charge is -2.34. The smallest absolute Gasteiger partial charge is 0.323 e. The third-order valence-corrected chi connectivity index (χ3v) is 2.29. The topological polar surface area (TPSA) is 78.9 Å². The monoisotopic (exact) mass is 260 g/mol. The summed E-state index contributed by atoms with van der Waals surface area (Å²) >= 11 is 0. The Bertz CT molecular complexity index is 274. The molecule has 0 unspecified atom stereocenters. The van der Waals surface area contributed by atoms with Gasteiger partial charge in [-0.1, -0.05) is 0 Å². The first-order valence-electron chi connectivity index (χ1n) is 6.14. The number of urea groups is 1. The average molecular weight is 260 g/mol. The Balaban J connectivity index is 4.19. The molecule has 106 valence electrons. The number of ether oxygens (including phenoxy) is 1. The van der Waals surface area contributed by atoms with Gasteiger partial charge in [-0.15, -0.1) is 0 Å². The van der Waals surface area contributed by atoms with Crippen LogP contribution in [0.4, 0.5) is 4.79 Å². The van der Waals surface area contributed by atoms with Gasteiger partial charge >= 0.3 is 12.0 Å². The zero-order valence-electron chi connectivity index (χ0n) is 11.7. The largest absolute Gasteiger partial charge is 0.480 e. The summed E-state index contributed by atoms with van der Waals surface area (Å²) in [5.41, 5.74) is -0.525. The predicted molar refractivity (Wildman–Crippen MR) is 68.6 cm³/mol. The Kier molecular flexibility index (Phi) is 7.35. The molecule has 2 N–H and O–H groups in total. The van der Waals surface area contributed by atoms with Gasteiger partial charge in [0.2, 0.25) is 0 Å². The molecule has 0 aromatic rings. The van der Waals surface area contributed by atoms with E-state index in [1.54, 1.807) is 20.8 Å².